The zero-order valence-corrected chi connectivity index (χ0v) is 11.2. The van der Waals surface area contributed by atoms with Crippen molar-refractivity contribution in [3.8, 4) is 0 Å². The molecular weight excluding hydrogens is 238 g/mol. The average Bonchev–Trinajstić information content (AvgIpc) is 2.92. The van der Waals surface area contributed by atoms with Crippen LogP contribution in [0.4, 0.5) is 5.82 Å². The van der Waals surface area contributed by atoms with E-state index < -0.39 is 0 Å². The van der Waals surface area contributed by atoms with Gasteiger partial charge in [-0.05, 0) is 24.2 Å². The standard InChI is InChI=1S/C14H19N5/c1-2-15-10-12-3-4-16-13(9-12)19-8-7-18-6-5-17-14(18)11-19/h3-6,9,15H,2,7-8,10-11H2,1H3. The molecule has 0 bridgehead atoms. The van der Waals surface area contributed by atoms with Gasteiger partial charge in [0.25, 0.3) is 0 Å². The van der Waals surface area contributed by atoms with Crippen molar-refractivity contribution in [3.63, 3.8) is 0 Å². The number of hydrogen-bond acceptors (Lipinski definition) is 4. The third kappa shape index (κ3) is 2.61. The van der Waals surface area contributed by atoms with Crippen molar-refractivity contribution in [2.75, 3.05) is 18.0 Å². The molecule has 1 aliphatic rings. The lowest BCUT2D eigenvalue weighted by Gasteiger charge is -2.28. The highest BCUT2D eigenvalue weighted by Crippen LogP contribution is 2.18. The third-order valence-corrected chi connectivity index (χ3v) is 3.46. The van der Waals surface area contributed by atoms with Crippen LogP contribution in [-0.2, 0) is 19.6 Å². The van der Waals surface area contributed by atoms with Crippen LogP contribution in [0, 0.1) is 0 Å². The highest BCUT2D eigenvalue weighted by molar-refractivity contribution is 5.41. The Kier molecular flexibility index (Phi) is 3.46. The molecule has 5 heteroatoms. The highest BCUT2D eigenvalue weighted by atomic mass is 15.3. The minimum absolute atomic E-state index is 0.838. The molecule has 5 nitrogen and oxygen atoms in total. The van der Waals surface area contributed by atoms with Crippen LogP contribution in [0.3, 0.4) is 0 Å². The van der Waals surface area contributed by atoms with E-state index in [9.17, 15) is 0 Å². The maximum Gasteiger partial charge on any atom is 0.129 e. The molecule has 0 unspecified atom stereocenters. The number of rotatable bonds is 4. The van der Waals surface area contributed by atoms with Gasteiger partial charge in [-0.25, -0.2) is 9.97 Å². The minimum atomic E-state index is 0.838. The molecule has 0 atom stereocenters. The van der Waals surface area contributed by atoms with Crippen molar-refractivity contribution in [1.29, 1.82) is 0 Å². The van der Waals surface area contributed by atoms with E-state index >= 15 is 0 Å². The van der Waals surface area contributed by atoms with Crippen LogP contribution in [-0.4, -0.2) is 27.6 Å². The molecule has 0 spiro atoms. The Balaban J connectivity index is 1.76. The number of pyridine rings is 1. The predicted molar refractivity (Wildman–Crippen MR) is 74.9 cm³/mol. The summed E-state index contributed by atoms with van der Waals surface area (Å²) < 4.78 is 2.21. The first-order valence-electron chi connectivity index (χ1n) is 6.77. The fraction of sp³-hybridized carbons (Fsp3) is 0.429. The topological polar surface area (TPSA) is 46.0 Å². The van der Waals surface area contributed by atoms with Crippen molar-refractivity contribution in [3.05, 3.63) is 42.1 Å². The number of fused-ring (bicyclic) bond motifs is 1. The van der Waals surface area contributed by atoms with Gasteiger partial charge in [0.05, 0.1) is 6.54 Å². The molecule has 0 aromatic carbocycles. The molecular formula is C14H19N5. The first-order valence-corrected chi connectivity index (χ1v) is 6.77. The fourth-order valence-electron chi connectivity index (χ4n) is 2.38. The van der Waals surface area contributed by atoms with E-state index in [0.717, 1.165) is 44.4 Å². The first-order chi connectivity index (χ1) is 9.36. The summed E-state index contributed by atoms with van der Waals surface area (Å²) in [6.45, 7) is 6.81. The van der Waals surface area contributed by atoms with E-state index in [2.05, 4.69) is 43.8 Å². The summed E-state index contributed by atoms with van der Waals surface area (Å²) in [5.74, 6) is 2.16. The van der Waals surface area contributed by atoms with Gasteiger partial charge in [-0.1, -0.05) is 6.92 Å². The molecule has 0 radical (unpaired) electrons. The number of anilines is 1. The Hall–Kier alpha value is -1.88. The van der Waals surface area contributed by atoms with Gasteiger partial charge in [-0.15, -0.1) is 0 Å². The number of nitrogens with one attached hydrogen (secondary N) is 1. The fourth-order valence-corrected chi connectivity index (χ4v) is 2.38. The lowest BCUT2D eigenvalue weighted by molar-refractivity contribution is 0.556. The van der Waals surface area contributed by atoms with Crippen molar-refractivity contribution in [2.24, 2.45) is 0 Å². The molecule has 3 heterocycles. The second-order valence-electron chi connectivity index (χ2n) is 4.76. The summed E-state index contributed by atoms with van der Waals surface area (Å²) in [5, 5.41) is 3.34. The van der Waals surface area contributed by atoms with Crippen molar-refractivity contribution in [2.45, 2.75) is 26.6 Å². The molecule has 2 aromatic rings. The Morgan fingerprint density at radius 2 is 2.21 bits per heavy atom. The monoisotopic (exact) mass is 257 g/mol. The molecule has 1 N–H and O–H groups in total. The zero-order valence-electron chi connectivity index (χ0n) is 11.2. The molecule has 2 aromatic heterocycles. The summed E-state index contributed by atoms with van der Waals surface area (Å²) in [6.07, 6.45) is 5.80. The molecule has 100 valence electrons. The second kappa shape index (κ2) is 5.40. The molecule has 0 fully saturated rings. The average molecular weight is 257 g/mol. The molecule has 19 heavy (non-hydrogen) atoms. The van der Waals surface area contributed by atoms with E-state index in [0.29, 0.717) is 0 Å². The molecule has 0 amide bonds. The SMILES string of the molecule is CCNCc1ccnc(N2CCn3ccnc3C2)c1. The maximum atomic E-state index is 4.49. The van der Waals surface area contributed by atoms with Crippen LogP contribution >= 0.6 is 0 Å². The molecule has 3 rings (SSSR count). The molecule has 0 aliphatic carbocycles. The minimum Gasteiger partial charge on any atom is -0.347 e. The number of aromatic nitrogens is 3. The van der Waals surface area contributed by atoms with E-state index in [4.69, 9.17) is 0 Å². The predicted octanol–water partition coefficient (Wildman–Crippen LogP) is 1.41. The largest absolute Gasteiger partial charge is 0.347 e. The lowest BCUT2D eigenvalue weighted by Crippen LogP contribution is -2.34. The van der Waals surface area contributed by atoms with Gasteiger partial charge < -0.3 is 14.8 Å². The zero-order chi connectivity index (χ0) is 13.1. The van der Waals surface area contributed by atoms with Gasteiger partial charge >= 0.3 is 0 Å². The number of nitrogens with zero attached hydrogens (tertiary/aromatic N) is 4. The van der Waals surface area contributed by atoms with E-state index in [1.165, 1.54) is 5.56 Å². The Morgan fingerprint density at radius 1 is 1.26 bits per heavy atom. The number of imidazole rings is 1. The van der Waals surface area contributed by atoms with E-state index in [1.54, 1.807) is 0 Å². The van der Waals surface area contributed by atoms with Gasteiger partial charge in [-0.3, -0.25) is 0 Å². The van der Waals surface area contributed by atoms with Crippen LogP contribution in [0.5, 0.6) is 0 Å². The smallest absolute Gasteiger partial charge is 0.129 e. The summed E-state index contributed by atoms with van der Waals surface area (Å²) in [7, 11) is 0. The van der Waals surface area contributed by atoms with Gasteiger partial charge in [0.15, 0.2) is 0 Å². The van der Waals surface area contributed by atoms with Gasteiger partial charge in [-0.2, -0.15) is 0 Å². The normalized spacial score (nSPS) is 14.5. The summed E-state index contributed by atoms with van der Waals surface area (Å²) in [5.41, 5.74) is 1.28. The van der Waals surface area contributed by atoms with Crippen LogP contribution in [0.25, 0.3) is 0 Å². The van der Waals surface area contributed by atoms with Crippen molar-refractivity contribution < 1.29 is 0 Å². The van der Waals surface area contributed by atoms with Crippen LogP contribution in [0.15, 0.2) is 30.7 Å². The maximum absolute atomic E-state index is 4.49. The molecule has 0 saturated carbocycles. The number of hydrogen-bond donors (Lipinski definition) is 1. The summed E-state index contributed by atoms with van der Waals surface area (Å²) in [4.78, 5) is 11.2. The summed E-state index contributed by atoms with van der Waals surface area (Å²) in [6, 6.07) is 4.23. The van der Waals surface area contributed by atoms with Crippen molar-refractivity contribution >= 4 is 5.82 Å². The van der Waals surface area contributed by atoms with Gasteiger partial charge in [0, 0.05) is 38.2 Å². The quantitative estimate of drug-likeness (QED) is 0.899. The van der Waals surface area contributed by atoms with Crippen LogP contribution in [0.1, 0.15) is 18.3 Å². The molecule has 1 aliphatic heterocycles. The van der Waals surface area contributed by atoms with Gasteiger partial charge in [0.1, 0.15) is 11.6 Å². The highest BCUT2D eigenvalue weighted by Gasteiger charge is 2.17. The Morgan fingerprint density at radius 3 is 3.11 bits per heavy atom. The third-order valence-electron chi connectivity index (χ3n) is 3.46. The van der Waals surface area contributed by atoms with Crippen molar-refractivity contribution in [1.82, 2.24) is 19.9 Å². The van der Waals surface area contributed by atoms with Gasteiger partial charge in [0.2, 0.25) is 0 Å². The molecule has 0 saturated heterocycles. The first kappa shape index (κ1) is 12.2. The Labute approximate surface area is 113 Å². The van der Waals surface area contributed by atoms with Crippen LogP contribution < -0.4 is 10.2 Å². The second-order valence-corrected chi connectivity index (χ2v) is 4.76. The van der Waals surface area contributed by atoms with E-state index in [1.807, 2.05) is 18.6 Å². The lowest BCUT2D eigenvalue weighted by atomic mass is 10.2. The van der Waals surface area contributed by atoms with Crippen LogP contribution in [0.2, 0.25) is 0 Å². The summed E-state index contributed by atoms with van der Waals surface area (Å²) >= 11 is 0. The Bertz CT molecular complexity index is 548. The van der Waals surface area contributed by atoms with E-state index in [-0.39, 0.29) is 0 Å².